The first-order chi connectivity index (χ1) is 5.22. The Balaban J connectivity index is 3.63. The van der Waals surface area contributed by atoms with Crippen molar-refractivity contribution in [3.05, 3.63) is 11.6 Å². The van der Waals surface area contributed by atoms with Crippen LogP contribution >= 0.6 is 0 Å². The minimum Gasteiger partial charge on any atom is -0.316 e. The number of allylic oxidation sites excluding steroid dienone is 1. The largest absolute Gasteiger partial charge is 0.316 e. The predicted molar refractivity (Wildman–Crippen MR) is 51.8 cm³/mol. The van der Waals surface area contributed by atoms with Crippen molar-refractivity contribution in [2.24, 2.45) is 5.92 Å². The lowest BCUT2D eigenvalue weighted by molar-refractivity contribution is 0.585. The minimum atomic E-state index is 0.690. The van der Waals surface area contributed by atoms with Gasteiger partial charge in [-0.2, -0.15) is 0 Å². The molecule has 66 valence electrons. The van der Waals surface area contributed by atoms with Crippen molar-refractivity contribution in [1.29, 1.82) is 0 Å². The average Bonchev–Trinajstić information content (AvgIpc) is 2.00. The molecule has 0 amide bonds. The Kier molecular flexibility index (Phi) is 6.24. The summed E-state index contributed by atoms with van der Waals surface area (Å²) in [5.74, 6) is 0.690. The molecule has 0 bridgehead atoms. The van der Waals surface area contributed by atoms with Gasteiger partial charge in [-0.05, 0) is 25.8 Å². The van der Waals surface area contributed by atoms with Crippen LogP contribution in [0.2, 0.25) is 0 Å². The highest BCUT2D eigenvalue weighted by molar-refractivity contribution is 5.02. The first-order valence-electron chi connectivity index (χ1n) is 4.59. The standard InChI is InChI=1S/C10H21N/c1-5-7-9(3)10(4)8-11-6-2/h7,10-11H,5-6,8H2,1-4H3/b9-7+. The fourth-order valence-corrected chi connectivity index (χ4v) is 1.04. The monoisotopic (exact) mass is 155 g/mol. The van der Waals surface area contributed by atoms with Crippen molar-refractivity contribution >= 4 is 0 Å². The molecular formula is C10H21N. The third-order valence-electron chi connectivity index (χ3n) is 2.00. The van der Waals surface area contributed by atoms with Crippen molar-refractivity contribution in [1.82, 2.24) is 5.32 Å². The van der Waals surface area contributed by atoms with Gasteiger partial charge in [0.05, 0.1) is 0 Å². The summed E-state index contributed by atoms with van der Waals surface area (Å²) in [6.07, 6.45) is 3.46. The molecule has 0 aliphatic rings. The van der Waals surface area contributed by atoms with E-state index in [1.165, 1.54) is 5.57 Å². The summed E-state index contributed by atoms with van der Waals surface area (Å²) in [5, 5.41) is 3.35. The molecule has 0 aromatic heterocycles. The van der Waals surface area contributed by atoms with Crippen LogP contribution in [0.5, 0.6) is 0 Å². The first kappa shape index (κ1) is 10.7. The first-order valence-corrected chi connectivity index (χ1v) is 4.59. The lowest BCUT2D eigenvalue weighted by Crippen LogP contribution is -2.21. The van der Waals surface area contributed by atoms with E-state index in [0.29, 0.717) is 5.92 Å². The molecule has 1 N–H and O–H groups in total. The van der Waals surface area contributed by atoms with Crippen LogP contribution < -0.4 is 5.32 Å². The maximum absolute atomic E-state index is 3.35. The van der Waals surface area contributed by atoms with Crippen LogP contribution in [-0.4, -0.2) is 13.1 Å². The van der Waals surface area contributed by atoms with E-state index in [-0.39, 0.29) is 0 Å². The molecule has 1 atom stereocenters. The lowest BCUT2D eigenvalue weighted by atomic mass is 10.0. The maximum Gasteiger partial charge on any atom is 0.00140 e. The van der Waals surface area contributed by atoms with E-state index in [9.17, 15) is 0 Å². The SMILES string of the molecule is CC/C=C(\C)C(C)CNCC. The number of hydrogen-bond donors (Lipinski definition) is 1. The smallest absolute Gasteiger partial charge is 0.00140 e. The molecule has 1 unspecified atom stereocenters. The Bertz CT molecular complexity index is 116. The molecule has 0 aromatic rings. The van der Waals surface area contributed by atoms with E-state index >= 15 is 0 Å². The van der Waals surface area contributed by atoms with Gasteiger partial charge in [-0.1, -0.05) is 32.4 Å². The van der Waals surface area contributed by atoms with Crippen LogP contribution in [0.4, 0.5) is 0 Å². The van der Waals surface area contributed by atoms with Gasteiger partial charge in [-0.3, -0.25) is 0 Å². The van der Waals surface area contributed by atoms with Gasteiger partial charge < -0.3 is 5.32 Å². The van der Waals surface area contributed by atoms with E-state index in [2.05, 4.69) is 39.1 Å². The molecule has 1 nitrogen and oxygen atoms in total. The van der Waals surface area contributed by atoms with Crippen LogP contribution in [0.3, 0.4) is 0 Å². The average molecular weight is 155 g/mol. The molecule has 0 saturated carbocycles. The van der Waals surface area contributed by atoms with Crippen LogP contribution in [0.15, 0.2) is 11.6 Å². The van der Waals surface area contributed by atoms with E-state index in [1.54, 1.807) is 0 Å². The number of nitrogens with one attached hydrogen (secondary N) is 1. The lowest BCUT2D eigenvalue weighted by Gasteiger charge is -2.11. The second kappa shape index (κ2) is 6.41. The Morgan fingerprint density at radius 3 is 2.55 bits per heavy atom. The molecule has 0 heterocycles. The van der Waals surface area contributed by atoms with Gasteiger partial charge in [0.15, 0.2) is 0 Å². The van der Waals surface area contributed by atoms with Gasteiger partial charge in [-0.25, -0.2) is 0 Å². The molecule has 0 spiro atoms. The van der Waals surface area contributed by atoms with E-state index in [1.807, 2.05) is 0 Å². The zero-order valence-corrected chi connectivity index (χ0v) is 8.28. The fourth-order valence-electron chi connectivity index (χ4n) is 1.04. The Labute approximate surface area is 70.9 Å². The molecule has 11 heavy (non-hydrogen) atoms. The Morgan fingerprint density at radius 1 is 1.45 bits per heavy atom. The van der Waals surface area contributed by atoms with Crippen molar-refractivity contribution in [2.75, 3.05) is 13.1 Å². The number of hydrogen-bond acceptors (Lipinski definition) is 1. The zero-order valence-electron chi connectivity index (χ0n) is 8.28. The van der Waals surface area contributed by atoms with Gasteiger partial charge in [0, 0.05) is 6.54 Å². The fraction of sp³-hybridized carbons (Fsp3) is 0.800. The van der Waals surface area contributed by atoms with E-state index < -0.39 is 0 Å². The molecule has 0 radical (unpaired) electrons. The number of rotatable bonds is 5. The minimum absolute atomic E-state index is 0.690. The Morgan fingerprint density at radius 2 is 2.09 bits per heavy atom. The summed E-state index contributed by atoms with van der Waals surface area (Å²) in [4.78, 5) is 0. The van der Waals surface area contributed by atoms with Crippen molar-refractivity contribution in [3.63, 3.8) is 0 Å². The molecule has 0 aliphatic carbocycles. The third-order valence-corrected chi connectivity index (χ3v) is 2.00. The highest BCUT2D eigenvalue weighted by atomic mass is 14.8. The summed E-state index contributed by atoms with van der Waals surface area (Å²) in [6.45, 7) is 11.0. The summed E-state index contributed by atoms with van der Waals surface area (Å²) >= 11 is 0. The van der Waals surface area contributed by atoms with Crippen LogP contribution in [0.25, 0.3) is 0 Å². The molecule has 1 heteroatoms. The molecule has 0 rings (SSSR count). The molecule has 0 fully saturated rings. The second-order valence-electron chi connectivity index (χ2n) is 3.07. The molecule has 0 saturated heterocycles. The third kappa shape index (κ3) is 5.02. The van der Waals surface area contributed by atoms with Gasteiger partial charge in [0.25, 0.3) is 0 Å². The predicted octanol–water partition coefficient (Wildman–Crippen LogP) is 2.59. The van der Waals surface area contributed by atoms with E-state index in [0.717, 1.165) is 19.5 Å². The second-order valence-corrected chi connectivity index (χ2v) is 3.07. The highest BCUT2D eigenvalue weighted by Gasteiger charge is 2.01. The summed E-state index contributed by atoms with van der Waals surface area (Å²) in [7, 11) is 0. The van der Waals surface area contributed by atoms with Crippen LogP contribution in [0, 0.1) is 5.92 Å². The Hall–Kier alpha value is -0.300. The van der Waals surface area contributed by atoms with Crippen molar-refractivity contribution in [2.45, 2.75) is 34.1 Å². The zero-order chi connectivity index (χ0) is 8.69. The summed E-state index contributed by atoms with van der Waals surface area (Å²) in [6, 6.07) is 0. The van der Waals surface area contributed by atoms with Crippen molar-refractivity contribution < 1.29 is 0 Å². The van der Waals surface area contributed by atoms with Gasteiger partial charge >= 0.3 is 0 Å². The summed E-state index contributed by atoms with van der Waals surface area (Å²) < 4.78 is 0. The molecular weight excluding hydrogens is 134 g/mol. The van der Waals surface area contributed by atoms with Crippen LogP contribution in [-0.2, 0) is 0 Å². The normalized spacial score (nSPS) is 15.1. The topological polar surface area (TPSA) is 12.0 Å². The van der Waals surface area contributed by atoms with Gasteiger partial charge in [-0.15, -0.1) is 0 Å². The quantitative estimate of drug-likeness (QED) is 0.602. The molecule has 0 aromatic carbocycles. The van der Waals surface area contributed by atoms with Crippen LogP contribution in [0.1, 0.15) is 34.1 Å². The van der Waals surface area contributed by atoms with Gasteiger partial charge in [0.2, 0.25) is 0 Å². The summed E-state index contributed by atoms with van der Waals surface area (Å²) in [5.41, 5.74) is 1.51. The molecule has 0 aliphatic heterocycles. The maximum atomic E-state index is 3.35. The highest BCUT2D eigenvalue weighted by Crippen LogP contribution is 2.08. The van der Waals surface area contributed by atoms with Crippen molar-refractivity contribution in [3.8, 4) is 0 Å². The van der Waals surface area contributed by atoms with E-state index in [4.69, 9.17) is 0 Å². The van der Waals surface area contributed by atoms with Gasteiger partial charge in [0.1, 0.15) is 0 Å².